The number of hydrogen-bond acceptors (Lipinski definition) is 4. The number of amidine groups is 1. The minimum Gasteiger partial charge on any atom is -0.370 e. The zero-order chi connectivity index (χ0) is 18.6. The molecule has 1 aromatic carbocycles. The Morgan fingerprint density at radius 1 is 1.19 bits per heavy atom. The van der Waals surface area contributed by atoms with E-state index in [-0.39, 0.29) is 10.8 Å². The van der Waals surface area contributed by atoms with Crippen LogP contribution in [-0.2, 0) is 10.0 Å². The molecule has 7 heteroatoms. The maximum atomic E-state index is 12.8. The van der Waals surface area contributed by atoms with Gasteiger partial charge < -0.3 is 10.6 Å². The standard InChI is InChI=1S/C19H28N4O2S/c1-18(2,3)22-17-19(21-16-8-5-4-7-15(16)20-17)11-6-12-23(13-19)26(24,25)14-9-10-14/h4-5,7-8,14,21H,6,9-13H2,1-3H3,(H,20,22)/t19-/m0/s1. The van der Waals surface area contributed by atoms with Crippen LogP contribution in [0.2, 0.25) is 0 Å². The van der Waals surface area contributed by atoms with E-state index in [1.165, 1.54) is 0 Å². The van der Waals surface area contributed by atoms with E-state index in [0.717, 1.165) is 42.9 Å². The Labute approximate surface area is 156 Å². The van der Waals surface area contributed by atoms with Crippen LogP contribution in [0.3, 0.4) is 0 Å². The van der Waals surface area contributed by atoms with Crippen LogP contribution < -0.4 is 10.6 Å². The van der Waals surface area contributed by atoms with Gasteiger partial charge in [0.15, 0.2) is 0 Å². The molecule has 0 bridgehead atoms. The highest BCUT2D eigenvalue weighted by atomic mass is 32.2. The van der Waals surface area contributed by atoms with Crippen molar-refractivity contribution < 1.29 is 8.42 Å². The molecule has 2 fully saturated rings. The van der Waals surface area contributed by atoms with Crippen LogP contribution in [0.4, 0.5) is 11.4 Å². The Kier molecular flexibility index (Phi) is 4.08. The first-order chi connectivity index (χ1) is 12.2. The molecular weight excluding hydrogens is 348 g/mol. The summed E-state index contributed by atoms with van der Waals surface area (Å²) in [6, 6.07) is 8.04. The molecule has 6 nitrogen and oxygen atoms in total. The summed E-state index contributed by atoms with van der Waals surface area (Å²) in [7, 11) is -3.20. The molecule has 0 radical (unpaired) electrons. The average molecular weight is 377 g/mol. The minimum absolute atomic E-state index is 0.176. The van der Waals surface area contributed by atoms with Gasteiger partial charge in [-0.2, -0.15) is 4.31 Å². The van der Waals surface area contributed by atoms with Crippen LogP contribution >= 0.6 is 0 Å². The van der Waals surface area contributed by atoms with Crippen LogP contribution in [0, 0.1) is 0 Å². The van der Waals surface area contributed by atoms with Gasteiger partial charge in [-0.05, 0) is 58.6 Å². The van der Waals surface area contributed by atoms with Gasteiger partial charge in [0.2, 0.25) is 10.0 Å². The van der Waals surface area contributed by atoms with Gasteiger partial charge in [-0.15, -0.1) is 0 Å². The van der Waals surface area contributed by atoms with Gasteiger partial charge in [-0.25, -0.2) is 8.42 Å². The molecule has 2 heterocycles. The molecule has 2 aliphatic heterocycles. The third kappa shape index (κ3) is 3.22. The average Bonchev–Trinajstić information content (AvgIpc) is 3.40. The largest absolute Gasteiger partial charge is 0.370 e. The molecule has 0 aromatic heterocycles. The van der Waals surface area contributed by atoms with Gasteiger partial charge >= 0.3 is 0 Å². The molecule has 4 rings (SSSR count). The lowest BCUT2D eigenvalue weighted by atomic mass is 9.85. The van der Waals surface area contributed by atoms with E-state index in [0.29, 0.717) is 13.1 Å². The number of benzene rings is 1. The van der Waals surface area contributed by atoms with Crippen molar-refractivity contribution in [2.45, 2.75) is 62.8 Å². The van der Waals surface area contributed by atoms with Crippen molar-refractivity contribution in [3.8, 4) is 0 Å². The number of sulfonamides is 1. The minimum atomic E-state index is -3.20. The van der Waals surface area contributed by atoms with Crippen molar-refractivity contribution in [3.05, 3.63) is 24.3 Å². The predicted molar refractivity (Wildman–Crippen MR) is 106 cm³/mol. The Morgan fingerprint density at radius 3 is 2.54 bits per heavy atom. The maximum absolute atomic E-state index is 12.8. The molecule has 3 aliphatic rings. The lowest BCUT2D eigenvalue weighted by Gasteiger charge is -2.47. The van der Waals surface area contributed by atoms with Crippen LogP contribution in [0.15, 0.2) is 29.3 Å². The van der Waals surface area contributed by atoms with Crippen molar-refractivity contribution in [3.63, 3.8) is 0 Å². The normalized spacial score (nSPS) is 28.5. The number of rotatable bonds is 2. The highest BCUT2D eigenvalue weighted by Crippen LogP contribution is 2.39. The monoisotopic (exact) mass is 376 g/mol. The summed E-state index contributed by atoms with van der Waals surface area (Å²) in [5, 5.41) is 6.97. The third-order valence-electron chi connectivity index (χ3n) is 5.22. The first-order valence-electron chi connectivity index (χ1n) is 9.43. The van der Waals surface area contributed by atoms with Gasteiger partial charge in [-0.3, -0.25) is 4.99 Å². The van der Waals surface area contributed by atoms with E-state index >= 15 is 0 Å². The summed E-state index contributed by atoms with van der Waals surface area (Å²) in [6.07, 6.45) is 3.28. The van der Waals surface area contributed by atoms with Crippen LogP contribution in [0.1, 0.15) is 46.5 Å². The Bertz CT molecular complexity index is 839. The number of aliphatic imine (C=N–C) groups is 1. The topological polar surface area (TPSA) is 73.8 Å². The zero-order valence-electron chi connectivity index (χ0n) is 15.7. The summed E-state index contributed by atoms with van der Waals surface area (Å²) in [5.74, 6) is 0.847. The van der Waals surface area contributed by atoms with E-state index in [4.69, 9.17) is 4.99 Å². The fraction of sp³-hybridized carbons (Fsp3) is 0.632. The number of fused-ring (bicyclic) bond motifs is 1. The zero-order valence-corrected chi connectivity index (χ0v) is 16.6. The van der Waals surface area contributed by atoms with Gasteiger partial charge in [0.25, 0.3) is 0 Å². The van der Waals surface area contributed by atoms with Crippen molar-refractivity contribution in [2.24, 2.45) is 4.99 Å². The van der Waals surface area contributed by atoms with E-state index < -0.39 is 15.6 Å². The molecule has 142 valence electrons. The first kappa shape index (κ1) is 17.8. The first-order valence-corrected chi connectivity index (χ1v) is 10.9. The molecule has 0 unspecified atom stereocenters. The Hall–Kier alpha value is -1.60. The number of para-hydroxylation sites is 2. The molecule has 1 spiro atoms. The van der Waals surface area contributed by atoms with Crippen molar-refractivity contribution in [1.29, 1.82) is 0 Å². The molecule has 1 atom stereocenters. The number of nitrogens with zero attached hydrogens (tertiary/aromatic N) is 2. The molecular formula is C19H28N4O2S. The van der Waals surface area contributed by atoms with Crippen LogP contribution in [0.25, 0.3) is 0 Å². The third-order valence-corrected chi connectivity index (χ3v) is 7.56. The number of piperidine rings is 1. The number of hydrogen-bond donors (Lipinski definition) is 2. The van der Waals surface area contributed by atoms with Crippen molar-refractivity contribution in [2.75, 3.05) is 23.7 Å². The second-order valence-electron chi connectivity index (χ2n) is 8.69. The summed E-state index contributed by atoms with van der Waals surface area (Å²) < 4.78 is 27.4. The highest BCUT2D eigenvalue weighted by Gasteiger charge is 2.49. The van der Waals surface area contributed by atoms with E-state index in [1.807, 2.05) is 24.3 Å². The summed E-state index contributed by atoms with van der Waals surface area (Å²) in [4.78, 5) is 4.94. The summed E-state index contributed by atoms with van der Waals surface area (Å²) >= 11 is 0. The molecule has 1 aliphatic carbocycles. The van der Waals surface area contributed by atoms with Crippen LogP contribution in [-0.4, -0.2) is 48.0 Å². The summed E-state index contributed by atoms with van der Waals surface area (Å²) in [5.41, 5.74) is 1.25. The fourth-order valence-corrected chi connectivity index (χ4v) is 5.78. The number of anilines is 2. The van der Waals surface area contributed by atoms with Gasteiger partial charge in [0.05, 0.1) is 22.2 Å². The summed E-state index contributed by atoms with van der Waals surface area (Å²) in [6.45, 7) is 7.24. The van der Waals surface area contributed by atoms with Crippen molar-refractivity contribution >= 4 is 27.2 Å². The smallest absolute Gasteiger partial charge is 0.217 e. The van der Waals surface area contributed by atoms with Gasteiger partial charge in [-0.1, -0.05) is 12.1 Å². The lowest BCUT2D eigenvalue weighted by Crippen LogP contribution is -2.63. The lowest BCUT2D eigenvalue weighted by molar-refractivity contribution is 0.292. The Morgan fingerprint density at radius 2 is 1.88 bits per heavy atom. The number of nitrogens with one attached hydrogen (secondary N) is 2. The molecule has 1 saturated heterocycles. The highest BCUT2D eigenvalue weighted by molar-refractivity contribution is 7.90. The van der Waals surface area contributed by atoms with Crippen LogP contribution in [0.5, 0.6) is 0 Å². The van der Waals surface area contributed by atoms with E-state index in [9.17, 15) is 8.42 Å². The Balaban J connectivity index is 1.74. The van der Waals surface area contributed by atoms with Crippen molar-refractivity contribution in [1.82, 2.24) is 4.31 Å². The maximum Gasteiger partial charge on any atom is 0.217 e. The van der Waals surface area contributed by atoms with Gasteiger partial charge in [0, 0.05) is 13.1 Å². The van der Waals surface area contributed by atoms with E-state index in [2.05, 4.69) is 31.4 Å². The quantitative estimate of drug-likeness (QED) is 0.832. The molecule has 1 saturated carbocycles. The van der Waals surface area contributed by atoms with E-state index in [1.54, 1.807) is 4.31 Å². The van der Waals surface area contributed by atoms with Gasteiger partial charge in [0.1, 0.15) is 11.4 Å². The molecule has 0 amide bonds. The second kappa shape index (κ2) is 5.96. The molecule has 2 N–H and O–H groups in total. The predicted octanol–water partition coefficient (Wildman–Crippen LogP) is 3.05. The molecule has 26 heavy (non-hydrogen) atoms. The molecule has 1 aromatic rings. The second-order valence-corrected chi connectivity index (χ2v) is 10.9. The SMILES string of the molecule is CC(C)(C)N=C1Nc2ccccc2N[C@]12CCCN(S(=O)(=O)C1CC1)C2. The fourth-order valence-electron chi connectivity index (χ4n) is 3.84.